The largest absolute Gasteiger partial charge is 0.497 e. The first-order chi connectivity index (χ1) is 8.72. The molecule has 0 unspecified atom stereocenters. The minimum atomic E-state index is 0.525. The molecule has 0 heterocycles. The van der Waals surface area contributed by atoms with Gasteiger partial charge in [0, 0.05) is 11.6 Å². The lowest BCUT2D eigenvalue weighted by Crippen LogP contribution is -2.04. The summed E-state index contributed by atoms with van der Waals surface area (Å²) in [6.07, 6.45) is 3.05. The van der Waals surface area contributed by atoms with E-state index >= 15 is 0 Å². The van der Waals surface area contributed by atoms with Crippen LogP contribution in [0.3, 0.4) is 0 Å². The van der Waals surface area contributed by atoms with Crippen LogP contribution < -0.4 is 9.47 Å². The zero-order valence-electron chi connectivity index (χ0n) is 11.0. The van der Waals surface area contributed by atoms with Crippen molar-refractivity contribution in [1.29, 1.82) is 0 Å². The second kappa shape index (κ2) is 7.87. The highest BCUT2D eigenvalue weighted by atomic mass is 32.2. The van der Waals surface area contributed by atoms with Gasteiger partial charge < -0.3 is 14.7 Å². The van der Waals surface area contributed by atoms with Crippen LogP contribution in [0.4, 0.5) is 0 Å². The molecule has 1 N–H and O–H groups in total. The van der Waals surface area contributed by atoms with Crippen molar-refractivity contribution in [1.82, 2.24) is 0 Å². The van der Waals surface area contributed by atoms with Gasteiger partial charge in [-0.1, -0.05) is 5.16 Å². The summed E-state index contributed by atoms with van der Waals surface area (Å²) in [7, 11) is 1.61. The van der Waals surface area contributed by atoms with Crippen LogP contribution in [0.2, 0.25) is 0 Å². The van der Waals surface area contributed by atoms with Crippen molar-refractivity contribution < 1.29 is 14.7 Å². The lowest BCUT2D eigenvalue weighted by molar-refractivity contribution is 0.310. The molecular weight excluding hydrogens is 250 g/mol. The molecule has 1 aromatic rings. The van der Waals surface area contributed by atoms with E-state index in [9.17, 15) is 0 Å². The smallest absolute Gasteiger partial charge is 0.132 e. The lowest BCUT2D eigenvalue weighted by atomic mass is 10.1. The molecule has 0 aliphatic carbocycles. The average Bonchev–Trinajstić information content (AvgIpc) is 2.42. The molecule has 0 aromatic heterocycles. The average molecular weight is 269 g/mol. The molecule has 0 fully saturated rings. The van der Waals surface area contributed by atoms with Gasteiger partial charge in [-0.05, 0) is 37.5 Å². The highest BCUT2D eigenvalue weighted by molar-refractivity contribution is 7.98. The topological polar surface area (TPSA) is 51.0 Å². The minimum Gasteiger partial charge on any atom is -0.497 e. The molecule has 4 nitrogen and oxygen atoms in total. The van der Waals surface area contributed by atoms with E-state index in [4.69, 9.17) is 14.7 Å². The summed E-state index contributed by atoms with van der Waals surface area (Å²) in [6.45, 7) is 2.37. The second-order valence-corrected chi connectivity index (χ2v) is 4.73. The zero-order valence-corrected chi connectivity index (χ0v) is 11.8. The van der Waals surface area contributed by atoms with Crippen LogP contribution in [0.1, 0.15) is 18.9 Å². The second-order valence-electron chi connectivity index (χ2n) is 3.74. The fourth-order valence-corrected chi connectivity index (χ4v) is 1.89. The van der Waals surface area contributed by atoms with Crippen LogP contribution in [0, 0.1) is 0 Å². The molecular formula is C13H19NO3S. The van der Waals surface area contributed by atoms with Gasteiger partial charge in [0.2, 0.25) is 0 Å². The molecule has 0 saturated heterocycles. The number of rotatable bonds is 7. The first kappa shape index (κ1) is 14.7. The van der Waals surface area contributed by atoms with E-state index in [-0.39, 0.29) is 0 Å². The quantitative estimate of drug-likeness (QED) is 0.358. The highest BCUT2D eigenvalue weighted by Gasteiger charge is 2.09. The summed E-state index contributed by atoms with van der Waals surface area (Å²) in [4.78, 5) is 0. The van der Waals surface area contributed by atoms with E-state index in [1.807, 2.05) is 18.2 Å². The molecule has 0 spiro atoms. The fraction of sp³-hybridized carbons (Fsp3) is 0.462. The predicted octanol–water partition coefficient (Wildman–Crippen LogP) is 3.03. The van der Waals surface area contributed by atoms with Crippen molar-refractivity contribution >= 4 is 17.5 Å². The van der Waals surface area contributed by atoms with Crippen LogP contribution in [-0.4, -0.2) is 36.6 Å². The van der Waals surface area contributed by atoms with Crippen molar-refractivity contribution in [2.24, 2.45) is 5.16 Å². The number of hydrogen-bond donors (Lipinski definition) is 1. The van der Waals surface area contributed by atoms with Crippen LogP contribution in [0.25, 0.3) is 0 Å². The van der Waals surface area contributed by atoms with Gasteiger partial charge in [0.05, 0.1) is 19.4 Å². The summed E-state index contributed by atoms with van der Waals surface area (Å²) in [5.74, 6) is 2.47. The van der Waals surface area contributed by atoms with E-state index in [1.54, 1.807) is 25.8 Å². The number of benzene rings is 1. The van der Waals surface area contributed by atoms with Gasteiger partial charge >= 0.3 is 0 Å². The molecule has 100 valence electrons. The third-order valence-corrected chi connectivity index (χ3v) is 3.18. The Kier molecular flexibility index (Phi) is 6.43. The molecule has 0 amide bonds. The number of nitrogens with zero attached hydrogens (tertiary/aromatic N) is 1. The minimum absolute atomic E-state index is 0.525. The number of oxime groups is 1. The lowest BCUT2D eigenvalue weighted by Gasteiger charge is -2.12. The third-order valence-electron chi connectivity index (χ3n) is 2.48. The number of hydrogen-bond acceptors (Lipinski definition) is 5. The van der Waals surface area contributed by atoms with Gasteiger partial charge in [-0.15, -0.1) is 0 Å². The van der Waals surface area contributed by atoms with E-state index in [0.29, 0.717) is 18.1 Å². The zero-order chi connectivity index (χ0) is 13.4. The van der Waals surface area contributed by atoms with Crippen LogP contribution in [-0.2, 0) is 0 Å². The standard InChI is InChI=1S/C13H19NO3S/c1-10(14-15)12-6-5-11(16-2)9-13(12)17-7-4-8-18-3/h5-6,9,15H,4,7-8H2,1-3H3/b14-10+. The Morgan fingerprint density at radius 2 is 2.22 bits per heavy atom. The SMILES string of the molecule is COc1ccc(/C(C)=N/O)c(OCCCSC)c1. The summed E-state index contributed by atoms with van der Waals surface area (Å²) in [5, 5.41) is 12.1. The molecule has 18 heavy (non-hydrogen) atoms. The van der Waals surface area contributed by atoms with Crippen LogP contribution in [0.5, 0.6) is 11.5 Å². The van der Waals surface area contributed by atoms with Crippen molar-refractivity contribution in [2.45, 2.75) is 13.3 Å². The Morgan fingerprint density at radius 3 is 2.83 bits per heavy atom. The van der Waals surface area contributed by atoms with Gasteiger partial charge in [0.1, 0.15) is 11.5 Å². The van der Waals surface area contributed by atoms with Crippen molar-refractivity contribution in [2.75, 3.05) is 25.7 Å². The molecule has 1 rings (SSSR count). The Hall–Kier alpha value is -1.36. The summed E-state index contributed by atoms with van der Waals surface area (Å²) >= 11 is 1.79. The maximum atomic E-state index is 8.85. The van der Waals surface area contributed by atoms with E-state index in [0.717, 1.165) is 23.5 Å². The Balaban J connectivity index is 2.83. The summed E-state index contributed by atoms with van der Waals surface area (Å²) in [6, 6.07) is 5.46. The molecule has 0 saturated carbocycles. The molecule has 0 aliphatic heterocycles. The fourth-order valence-electron chi connectivity index (χ4n) is 1.49. The van der Waals surface area contributed by atoms with E-state index < -0.39 is 0 Å². The Morgan fingerprint density at radius 1 is 1.44 bits per heavy atom. The number of methoxy groups -OCH3 is 1. The van der Waals surface area contributed by atoms with Gasteiger partial charge in [-0.3, -0.25) is 0 Å². The monoisotopic (exact) mass is 269 g/mol. The van der Waals surface area contributed by atoms with Gasteiger partial charge in [-0.25, -0.2) is 0 Å². The maximum Gasteiger partial charge on any atom is 0.132 e. The molecule has 0 atom stereocenters. The highest BCUT2D eigenvalue weighted by Crippen LogP contribution is 2.25. The van der Waals surface area contributed by atoms with Crippen LogP contribution >= 0.6 is 11.8 Å². The first-order valence-corrected chi connectivity index (χ1v) is 7.11. The number of thioether (sulfide) groups is 1. The molecule has 1 aromatic carbocycles. The summed E-state index contributed by atoms with van der Waals surface area (Å²) < 4.78 is 10.9. The van der Waals surface area contributed by atoms with Crippen LogP contribution in [0.15, 0.2) is 23.4 Å². The molecule has 0 bridgehead atoms. The van der Waals surface area contributed by atoms with Gasteiger partial charge in [-0.2, -0.15) is 11.8 Å². The molecule has 5 heteroatoms. The van der Waals surface area contributed by atoms with Gasteiger partial charge in [0.25, 0.3) is 0 Å². The normalized spacial score (nSPS) is 11.4. The molecule has 0 radical (unpaired) electrons. The summed E-state index contributed by atoms with van der Waals surface area (Å²) in [5.41, 5.74) is 1.31. The third kappa shape index (κ3) is 4.14. The Bertz CT molecular complexity index is 407. The number of ether oxygens (including phenoxy) is 2. The Labute approximate surface area is 112 Å². The maximum absolute atomic E-state index is 8.85. The molecule has 0 aliphatic rings. The van der Waals surface area contributed by atoms with Crippen molar-refractivity contribution in [3.8, 4) is 11.5 Å². The van der Waals surface area contributed by atoms with E-state index in [2.05, 4.69) is 11.4 Å². The predicted molar refractivity (Wildman–Crippen MR) is 75.5 cm³/mol. The first-order valence-electron chi connectivity index (χ1n) is 5.71. The van der Waals surface area contributed by atoms with E-state index in [1.165, 1.54) is 0 Å². The van der Waals surface area contributed by atoms with Gasteiger partial charge in [0.15, 0.2) is 0 Å². The van der Waals surface area contributed by atoms with Crippen molar-refractivity contribution in [3.63, 3.8) is 0 Å². The van der Waals surface area contributed by atoms with Crippen molar-refractivity contribution in [3.05, 3.63) is 23.8 Å².